The lowest BCUT2D eigenvalue weighted by molar-refractivity contribution is -0.221. The van der Waals surface area contributed by atoms with Crippen molar-refractivity contribution in [1.82, 2.24) is 14.6 Å². The highest BCUT2D eigenvalue weighted by molar-refractivity contribution is 8.00. The van der Waals surface area contributed by atoms with Crippen LogP contribution in [0.2, 0.25) is 0 Å². The fourth-order valence-electron chi connectivity index (χ4n) is 15.4. The highest BCUT2D eigenvalue weighted by Gasteiger charge is 2.70. The average Bonchev–Trinajstić information content (AvgIpc) is 3.81. The third-order valence-corrected chi connectivity index (χ3v) is 21.7. The van der Waals surface area contributed by atoms with Gasteiger partial charge < -0.3 is 20.1 Å². The minimum atomic E-state index is -1.88. The van der Waals surface area contributed by atoms with Crippen molar-refractivity contribution in [2.75, 3.05) is 44.3 Å². The number of rotatable bonds is 11. The molecule has 1 unspecified atom stereocenters. The first-order valence-corrected chi connectivity index (χ1v) is 25.9. The van der Waals surface area contributed by atoms with Crippen LogP contribution < -0.4 is 10.1 Å². The third kappa shape index (κ3) is 7.10. The molecule has 0 amide bonds. The molecule has 8 rings (SSSR count). The van der Waals surface area contributed by atoms with Crippen molar-refractivity contribution >= 4 is 38.5 Å². The first kappa shape index (κ1) is 43.4. The highest BCUT2D eigenvalue weighted by atomic mass is 32.2. The van der Waals surface area contributed by atoms with E-state index in [4.69, 9.17) is 4.74 Å². The van der Waals surface area contributed by atoms with Crippen LogP contribution >= 0.6 is 11.5 Å². The predicted molar refractivity (Wildman–Crippen MR) is 246 cm³/mol. The Morgan fingerprint density at radius 2 is 1.71 bits per heavy atom. The Hall–Kier alpha value is -2.20. The normalized spacial score (nSPS) is 41.3. The Morgan fingerprint density at radius 1 is 0.966 bits per heavy atom. The summed E-state index contributed by atoms with van der Waals surface area (Å²) in [5, 5.41) is 14.8. The van der Waals surface area contributed by atoms with Gasteiger partial charge in [-0.05, 0) is 186 Å². The molecule has 6 aliphatic carbocycles. The van der Waals surface area contributed by atoms with E-state index in [1.807, 2.05) is 13.0 Å². The summed E-state index contributed by atoms with van der Waals surface area (Å²) in [6.45, 7) is 30.1. The molecule has 1 aromatic rings. The van der Waals surface area contributed by atoms with Gasteiger partial charge in [-0.15, -0.1) is 0 Å². The third-order valence-electron chi connectivity index (χ3n) is 18.9. The van der Waals surface area contributed by atoms with E-state index in [1.54, 1.807) is 0 Å². The zero-order valence-corrected chi connectivity index (χ0v) is 39.2. The summed E-state index contributed by atoms with van der Waals surface area (Å²) in [6.07, 6.45) is 18.0. The second kappa shape index (κ2) is 15.3. The van der Waals surface area contributed by atoms with E-state index < -0.39 is 20.9 Å². The molecule has 0 radical (unpaired) electrons. The lowest BCUT2D eigenvalue weighted by Crippen LogP contribution is -2.68. The van der Waals surface area contributed by atoms with Crippen LogP contribution in [0.25, 0.3) is 5.57 Å². The Labute approximate surface area is 361 Å². The minimum Gasteiger partial charge on any atom is -0.481 e. The molecule has 9 heteroatoms. The maximum Gasteiger partial charge on any atom is 0.313 e. The maximum absolute atomic E-state index is 12.8. The number of carbonyl (C=O) groups is 1. The van der Waals surface area contributed by atoms with Crippen molar-refractivity contribution < 1.29 is 18.8 Å². The Kier molecular flexibility index (Phi) is 11.2. The van der Waals surface area contributed by atoms with Crippen molar-refractivity contribution in [3.8, 4) is 5.88 Å². The zero-order chi connectivity index (χ0) is 42.4. The number of hydrogen-bond donors (Lipinski definition) is 2. The number of nitrogens with zero attached hydrogens (tertiary/aromatic N) is 2. The van der Waals surface area contributed by atoms with Crippen molar-refractivity contribution in [2.45, 2.75) is 131 Å². The molecule has 2 heterocycles. The van der Waals surface area contributed by atoms with Crippen molar-refractivity contribution in [1.29, 1.82) is 0 Å². The first-order chi connectivity index (χ1) is 27.7. The lowest BCUT2D eigenvalue weighted by atomic mass is 9.33. The average molecular weight is 846 g/mol. The van der Waals surface area contributed by atoms with E-state index in [0.717, 1.165) is 61.0 Å². The standard InChI is InChI=1S/C50H75N3O4S2/c1-33(2)36-15-22-50(51-25-26-53-27-29-59(10,56)30-28-53)24-23-47(8)38(43(36)50)11-12-41-46(7)18-16-37(45(5,6)40(46)17-19-48(41,47)9)35-13-20-49(21-14-35,44(54)55)32-57-42-31-39(34(3)4)58-52-42/h13,16,31,36,38,40-41,43,51H,1,3,10-12,14-15,17-30,32H2,2,4-9H3,(H,54,55)/t36-,38+,40-,41+,43+,46-,47+,48+,49?,50-/m0/s1. The molecule has 7 nitrogen and oxygen atoms in total. The molecule has 7 aliphatic rings. The van der Waals surface area contributed by atoms with Crippen LogP contribution in [0.4, 0.5) is 0 Å². The molecule has 0 spiro atoms. The number of carboxylic acids is 1. The number of aliphatic carboxylic acids is 1. The number of ether oxygens (including phenoxy) is 1. The van der Waals surface area contributed by atoms with Gasteiger partial charge in [0.2, 0.25) is 5.88 Å². The summed E-state index contributed by atoms with van der Waals surface area (Å²) in [4.78, 5) is 16.3. The molecule has 0 aromatic carbocycles. The topological polar surface area (TPSA) is 91.8 Å². The van der Waals surface area contributed by atoms with Gasteiger partial charge in [-0.1, -0.05) is 65.5 Å². The first-order valence-electron chi connectivity index (χ1n) is 23.0. The Morgan fingerprint density at radius 3 is 2.36 bits per heavy atom. The van der Waals surface area contributed by atoms with Crippen molar-refractivity contribution in [2.24, 2.45) is 56.7 Å². The van der Waals surface area contributed by atoms with E-state index in [-0.39, 0.29) is 33.8 Å². The largest absolute Gasteiger partial charge is 0.481 e. The lowest BCUT2D eigenvalue weighted by Gasteiger charge is -2.72. The van der Waals surface area contributed by atoms with Gasteiger partial charge in [0, 0.05) is 49.3 Å². The van der Waals surface area contributed by atoms with Gasteiger partial charge >= 0.3 is 5.97 Å². The monoisotopic (exact) mass is 846 g/mol. The van der Waals surface area contributed by atoms with Gasteiger partial charge in [0.25, 0.3) is 0 Å². The van der Waals surface area contributed by atoms with E-state index >= 15 is 0 Å². The van der Waals surface area contributed by atoms with Crippen LogP contribution in [-0.2, 0) is 14.3 Å². The van der Waals surface area contributed by atoms with Gasteiger partial charge in [-0.25, -0.2) is 0 Å². The van der Waals surface area contributed by atoms with Gasteiger partial charge in [-0.2, -0.15) is 4.37 Å². The zero-order valence-electron chi connectivity index (χ0n) is 37.6. The molecule has 0 bridgehead atoms. The fourth-order valence-corrected chi connectivity index (χ4v) is 17.4. The molecule has 5 fully saturated rings. The Balaban J connectivity index is 1.000. The number of fused-ring (bicyclic) bond motifs is 7. The Bertz CT molecular complexity index is 2020. The predicted octanol–water partition coefficient (Wildman–Crippen LogP) is 10.3. The van der Waals surface area contributed by atoms with Gasteiger partial charge in [0.15, 0.2) is 0 Å². The smallest absolute Gasteiger partial charge is 0.313 e. The molecule has 2 N–H and O–H groups in total. The van der Waals surface area contributed by atoms with E-state index in [2.05, 4.69) is 87.3 Å². The number of carboxylic acid groups (broad SMARTS) is 1. The molecule has 326 valence electrons. The number of allylic oxidation sites excluding steroid dienone is 6. The van der Waals surface area contributed by atoms with E-state index in [1.165, 1.54) is 79.6 Å². The highest BCUT2D eigenvalue weighted by Crippen LogP contribution is 2.76. The van der Waals surface area contributed by atoms with Crippen LogP contribution in [0.1, 0.15) is 130 Å². The SMILES string of the molecule is C=C(C)c1cc(OCC2(C(=O)O)CC=C(C3=CC[C@]4(C)[C@H]5CC[C@@H]6[C@H]7[C@H](C(=C)C)CC[C@]7(NCCN7CCS(=C)(=O)CC7)CC[C@@]6(C)[C@]5(C)CC[C@H]4C3(C)C)CC2)ns1. The van der Waals surface area contributed by atoms with Crippen LogP contribution in [0, 0.1) is 56.7 Å². The summed E-state index contributed by atoms with van der Waals surface area (Å²) in [6, 6.07) is 1.87. The fraction of sp³-hybridized carbons (Fsp3) is 0.740. The molecular weight excluding hydrogens is 771 g/mol. The van der Waals surface area contributed by atoms with E-state index in [0.29, 0.717) is 48.3 Å². The van der Waals surface area contributed by atoms with Crippen molar-refractivity contribution in [3.05, 3.63) is 53.0 Å². The summed E-state index contributed by atoms with van der Waals surface area (Å²) in [7, 11) is -1.88. The molecule has 4 saturated carbocycles. The number of nitrogens with one attached hydrogen (secondary N) is 1. The summed E-state index contributed by atoms with van der Waals surface area (Å²) >= 11 is 1.35. The number of aromatic nitrogens is 1. The minimum absolute atomic E-state index is 0.0117. The van der Waals surface area contributed by atoms with Crippen LogP contribution in [0.5, 0.6) is 5.88 Å². The summed E-state index contributed by atoms with van der Waals surface area (Å²) in [5.74, 6) is 8.35. The summed E-state index contributed by atoms with van der Waals surface area (Å²) < 4.78 is 23.0. The van der Waals surface area contributed by atoms with Crippen LogP contribution in [0.3, 0.4) is 0 Å². The van der Waals surface area contributed by atoms with Gasteiger partial charge in [0.1, 0.15) is 12.0 Å². The second-order valence-electron chi connectivity index (χ2n) is 22.1. The second-order valence-corrected chi connectivity index (χ2v) is 25.7. The molecule has 10 atom stereocenters. The van der Waals surface area contributed by atoms with E-state index in [9.17, 15) is 14.1 Å². The molecular formula is C50H75N3O4S2. The van der Waals surface area contributed by atoms with Gasteiger partial charge in [0.05, 0.1) is 4.88 Å². The van der Waals surface area contributed by atoms with Crippen LogP contribution in [0.15, 0.2) is 48.1 Å². The molecule has 1 aromatic heterocycles. The molecule has 59 heavy (non-hydrogen) atoms. The number of hydrogen-bond acceptors (Lipinski definition) is 7. The maximum atomic E-state index is 12.8. The van der Waals surface area contributed by atoms with Gasteiger partial charge in [-0.3, -0.25) is 9.00 Å². The van der Waals surface area contributed by atoms with Crippen molar-refractivity contribution in [3.63, 3.8) is 0 Å². The quantitative estimate of drug-likeness (QED) is 0.169. The molecule has 1 saturated heterocycles. The molecule has 1 aliphatic heterocycles. The van der Waals surface area contributed by atoms with Crippen LogP contribution in [-0.4, -0.2) is 80.3 Å². The summed E-state index contributed by atoms with van der Waals surface area (Å²) in [5.41, 5.74) is 5.19.